The Balaban J connectivity index is 1.79. The Morgan fingerprint density at radius 3 is 1.53 bits per heavy atom. The van der Waals surface area contributed by atoms with Gasteiger partial charge in [0.2, 0.25) is 0 Å². The number of carbonyl (C=O) groups excluding carboxylic acids is 1. The van der Waals surface area contributed by atoms with Crippen LogP contribution in [0.5, 0.6) is 5.75 Å². The zero-order valence-corrected chi connectivity index (χ0v) is 22.5. The van der Waals surface area contributed by atoms with E-state index in [9.17, 15) is 4.79 Å². The highest BCUT2D eigenvalue weighted by atomic mass is 16.6. The predicted molar refractivity (Wildman–Crippen MR) is 140 cm³/mol. The molecule has 8 heteroatoms. The molecule has 0 radical (unpaired) electrons. The highest BCUT2D eigenvalue weighted by Gasteiger charge is 1.98. The van der Waals surface area contributed by atoms with Crippen LogP contribution in [0.2, 0.25) is 0 Å². The molecule has 8 nitrogen and oxygen atoms in total. The van der Waals surface area contributed by atoms with Crippen molar-refractivity contribution in [3.63, 3.8) is 0 Å². The van der Waals surface area contributed by atoms with Crippen LogP contribution in [-0.2, 0) is 39.6 Å². The molecule has 0 aliphatic carbocycles. The highest BCUT2D eigenvalue weighted by molar-refractivity contribution is 5.65. The fourth-order valence-corrected chi connectivity index (χ4v) is 3.31. The zero-order valence-electron chi connectivity index (χ0n) is 22.5. The van der Waals surface area contributed by atoms with Crippen LogP contribution in [0.15, 0.2) is 24.3 Å². The van der Waals surface area contributed by atoms with E-state index in [-0.39, 0.29) is 12.6 Å². The first-order chi connectivity index (χ1) is 17.7. The second-order valence-electron chi connectivity index (χ2n) is 8.41. The lowest BCUT2D eigenvalue weighted by Gasteiger charge is -2.09. The SMILES string of the molecule is CCCCCCCCc1ccc(OCCOCCOCCOCCOCCOCCOC(C)=O)cc1. The van der Waals surface area contributed by atoms with E-state index in [2.05, 4.69) is 19.1 Å². The summed E-state index contributed by atoms with van der Waals surface area (Å²) in [6.07, 6.45) is 9.10. The van der Waals surface area contributed by atoms with Gasteiger partial charge in [-0.2, -0.15) is 0 Å². The minimum atomic E-state index is -0.302. The molecule has 0 bridgehead atoms. The van der Waals surface area contributed by atoms with Crippen LogP contribution in [0.1, 0.15) is 57.9 Å². The van der Waals surface area contributed by atoms with Gasteiger partial charge in [-0.05, 0) is 30.5 Å². The van der Waals surface area contributed by atoms with E-state index in [1.165, 1.54) is 51.0 Å². The zero-order chi connectivity index (χ0) is 25.9. The van der Waals surface area contributed by atoms with Crippen molar-refractivity contribution in [3.05, 3.63) is 29.8 Å². The van der Waals surface area contributed by atoms with Gasteiger partial charge in [0.05, 0.1) is 66.1 Å². The number of esters is 1. The van der Waals surface area contributed by atoms with Crippen molar-refractivity contribution in [2.24, 2.45) is 0 Å². The van der Waals surface area contributed by atoms with Crippen molar-refractivity contribution < 1.29 is 38.0 Å². The maximum Gasteiger partial charge on any atom is 0.302 e. The Hall–Kier alpha value is -1.71. The van der Waals surface area contributed by atoms with Crippen LogP contribution < -0.4 is 4.74 Å². The third kappa shape index (κ3) is 21.6. The van der Waals surface area contributed by atoms with Crippen molar-refractivity contribution in [3.8, 4) is 5.75 Å². The molecule has 0 aromatic heterocycles. The van der Waals surface area contributed by atoms with Gasteiger partial charge in [0, 0.05) is 6.92 Å². The first-order valence-corrected chi connectivity index (χ1v) is 13.5. The van der Waals surface area contributed by atoms with Gasteiger partial charge in [0.15, 0.2) is 0 Å². The Morgan fingerprint density at radius 1 is 0.583 bits per heavy atom. The molecule has 0 N–H and O–H groups in total. The lowest BCUT2D eigenvalue weighted by molar-refractivity contribution is -0.142. The molecule has 208 valence electrons. The Morgan fingerprint density at radius 2 is 1.03 bits per heavy atom. The topological polar surface area (TPSA) is 81.7 Å². The highest BCUT2D eigenvalue weighted by Crippen LogP contribution is 2.15. The number of carbonyl (C=O) groups is 1. The number of benzene rings is 1. The summed E-state index contributed by atoms with van der Waals surface area (Å²) in [4.78, 5) is 10.6. The molecule has 0 fully saturated rings. The quantitative estimate of drug-likeness (QED) is 0.131. The van der Waals surface area contributed by atoms with Crippen molar-refractivity contribution in [1.82, 2.24) is 0 Å². The summed E-state index contributed by atoms with van der Waals surface area (Å²) in [5.74, 6) is 0.582. The number of aryl methyl sites for hydroxylation is 1. The molecule has 0 aliphatic rings. The summed E-state index contributed by atoms with van der Waals surface area (Å²) in [5, 5.41) is 0. The molecule has 0 atom stereocenters. The fourth-order valence-electron chi connectivity index (χ4n) is 3.31. The van der Waals surface area contributed by atoms with Crippen LogP contribution in [0.3, 0.4) is 0 Å². The largest absolute Gasteiger partial charge is 0.491 e. The van der Waals surface area contributed by atoms with E-state index in [0.717, 1.165) is 12.2 Å². The number of hydrogen-bond acceptors (Lipinski definition) is 8. The van der Waals surface area contributed by atoms with E-state index in [4.69, 9.17) is 33.2 Å². The van der Waals surface area contributed by atoms with E-state index in [0.29, 0.717) is 72.7 Å². The molecule has 0 amide bonds. The van der Waals surface area contributed by atoms with Gasteiger partial charge in [-0.3, -0.25) is 4.79 Å². The van der Waals surface area contributed by atoms with Crippen molar-refractivity contribution in [2.45, 2.75) is 58.8 Å². The van der Waals surface area contributed by atoms with Gasteiger partial charge in [-0.25, -0.2) is 0 Å². The Kier molecular flexibility index (Phi) is 22.4. The molecule has 1 rings (SSSR count). The second kappa shape index (κ2) is 25.0. The Labute approximate surface area is 217 Å². The van der Waals surface area contributed by atoms with E-state index in [1.54, 1.807) is 0 Å². The van der Waals surface area contributed by atoms with Crippen LogP contribution in [0, 0.1) is 0 Å². The monoisotopic (exact) mass is 512 g/mol. The molecule has 0 aliphatic heterocycles. The first kappa shape index (κ1) is 32.3. The third-order valence-electron chi connectivity index (χ3n) is 5.26. The normalized spacial score (nSPS) is 11.1. The predicted octanol–water partition coefficient (Wildman–Crippen LogP) is 4.61. The molecule has 36 heavy (non-hydrogen) atoms. The van der Waals surface area contributed by atoms with Crippen LogP contribution >= 0.6 is 0 Å². The summed E-state index contributed by atoms with van der Waals surface area (Å²) < 4.78 is 37.6. The van der Waals surface area contributed by atoms with Crippen LogP contribution in [-0.4, -0.2) is 85.3 Å². The second-order valence-corrected chi connectivity index (χ2v) is 8.41. The maximum atomic E-state index is 10.6. The molecular weight excluding hydrogens is 464 g/mol. The maximum absolute atomic E-state index is 10.6. The van der Waals surface area contributed by atoms with E-state index >= 15 is 0 Å². The lowest BCUT2D eigenvalue weighted by atomic mass is 10.0. The molecule has 0 saturated carbocycles. The van der Waals surface area contributed by atoms with Gasteiger partial charge in [-0.15, -0.1) is 0 Å². The smallest absolute Gasteiger partial charge is 0.302 e. The Bertz CT molecular complexity index is 608. The summed E-state index contributed by atoms with van der Waals surface area (Å²) in [6.45, 7) is 9.35. The average molecular weight is 513 g/mol. The molecular formula is C28H48O8. The standard InChI is InChI=1S/C28H48O8/c1-3-4-5-6-7-8-9-27-10-12-28(13-11-27)36-25-23-34-21-19-32-17-15-30-14-16-31-18-20-33-22-24-35-26(2)29/h10-13H,3-9,14-25H2,1-2H3. The summed E-state index contributed by atoms with van der Waals surface area (Å²) in [7, 11) is 0. The molecule has 0 spiro atoms. The number of rotatable bonds is 26. The van der Waals surface area contributed by atoms with Crippen molar-refractivity contribution in [1.29, 1.82) is 0 Å². The van der Waals surface area contributed by atoms with Crippen LogP contribution in [0.25, 0.3) is 0 Å². The molecule has 1 aromatic carbocycles. The van der Waals surface area contributed by atoms with Gasteiger partial charge in [0.25, 0.3) is 0 Å². The summed E-state index contributed by atoms with van der Waals surface area (Å²) in [6, 6.07) is 8.41. The minimum absolute atomic E-state index is 0.269. The van der Waals surface area contributed by atoms with Gasteiger partial charge >= 0.3 is 5.97 Å². The van der Waals surface area contributed by atoms with Crippen molar-refractivity contribution >= 4 is 5.97 Å². The van der Waals surface area contributed by atoms with Crippen LogP contribution in [0.4, 0.5) is 0 Å². The summed E-state index contributed by atoms with van der Waals surface area (Å²) in [5.41, 5.74) is 1.38. The fraction of sp³-hybridized carbons (Fsp3) is 0.750. The molecule has 0 unspecified atom stereocenters. The van der Waals surface area contributed by atoms with E-state index < -0.39 is 0 Å². The minimum Gasteiger partial charge on any atom is -0.491 e. The van der Waals surface area contributed by atoms with Gasteiger partial charge in [0.1, 0.15) is 19.0 Å². The summed E-state index contributed by atoms with van der Waals surface area (Å²) >= 11 is 0. The lowest BCUT2D eigenvalue weighted by Crippen LogP contribution is -2.15. The van der Waals surface area contributed by atoms with E-state index in [1.807, 2.05) is 12.1 Å². The molecule has 1 aromatic rings. The number of hydrogen-bond donors (Lipinski definition) is 0. The third-order valence-corrected chi connectivity index (χ3v) is 5.26. The van der Waals surface area contributed by atoms with Gasteiger partial charge < -0.3 is 33.2 Å². The average Bonchev–Trinajstić information content (AvgIpc) is 2.88. The number of ether oxygens (including phenoxy) is 7. The first-order valence-electron chi connectivity index (χ1n) is 13.5. The van der Waals surface area contributed by atoms with Crippen molar-refractivity contribution in [2.75, 3.05) is 79.3 Å². The number of unbranched alkanes of at least 4 members (excludes halogenated alkanes) is 5. The molecule has 0 heterocycles. The van der Waals surface area contributed by atoms with Gasteiger partial charge in [-0.1, -0.05) is 51.2 Å². The molecule has 0 saturated heterocycles.